The second-order valence-corrected chi connectivity index (χ2v) is 8.40. The number of methoxy groups -OCH3 is 1. The van der Waals surface area contributed by atoms with Crippen LogP contribution in [0.1, 0.15) is 23.2 Å². The van der Waals surface area contributed by atoms with Gasteiger partial charge in [0.2, 0.25) is 5.91 Å². The van der Waals surface area contributed by atoms with Crippen LogP contribution in [0, 0.1) is 0 Å². The van der Waals surface area contributed by atoms with Crippen LogP contribution in [0.15, 0.2) is 67.3 Å². The second kappa shape index (κ2) is 9.88. The number of amides is 2. The molecule has 33 heavy (non-hydrogen) atoms. The SMILES string of the molecule is C=CC(=O)Nc1c(OC)ccc2ccc(-c3cccc(C(=O)NC4CCN(C)CC4)c3)cc12. The molecule has 1 saturated heterocycles. The molecule has 1 aliphatic heterocycles. The number of carbonyl (C=O) groups is 2. The number of hydrogen-bond acceptors (Lipinski definition) is 4. The highest BCUT2D eigenvalue weighted by atomic mass is 16.5. The number of anilines is 1. The predicted molar refractivity (Wildman–Crippen MR) is 133 cm³/mol. The largest absolute Gasteiger partial charge is 0.495 e. The Morgan fingerprint density at radius 3 is 2.52 bits per heavy atom. The van der Waals surface area contributed by atoms with Gasteiger partial charge < -0.3 is 20.3 Å². The lowest BCUT2D eigenvalue weighted by Gasteiger charge is -2.29. The number of benzene rings is 3. The summed E-state index contributed by atoms with van der Waals surface area (Å²) >= 11 is 0. The minimum absolute atomic E-state index is 0.0483. The van der Waals surface area contributed by atoms with E-state index < -0.39 is 0 Å². The third kappa shape index (κ3) is 5.07. The van der Waals surface area contributed by atoms with Crippen LogP contribution in [0.25, 0.3) is 21.9 Å². The monoisotopic (exact) mass is 443 g/mol. The standard InChI is InChI=1S/C27H29N3O3/c1-4-25(31)29-26-23-17-20(9-8-18(23)10-11-24(26)33-3)19-6-5-7-21(16-19)27(32)28-22-12-14-30(2)15-13-22/h4-11,16-17,22H,1,12-15H2,2-3H3,(H,28,32)(H,29,31). The van der Waals surface area contributed by atoms with Crippen molar-refractivity contribution in [3.8, 4) is 16.9 Å². The van der Waals surface area contributed by atoms with Gasteiger partial charge in [0.1, 0.15) is 5.75 Å². The molecule has 0 unspecified atom stereocenters. The maximum Gasteiger partial charge on any atom is 0.251 e. The number of hydrogen-bond donors (Lipinski definition) is 2. The fraction of sp³-hybridized carbons (Fsp3) is 0.259. The minimum atomic E-state index is -0.307. The van der Waals surface area contributed by atoms with Crippen LogP contribution in [-0.2, 0) is 4.79 Å². The molecule has 1 aliphatic rings. The van der Waals surface area contributed by atoms with Gasteiger partial charge in [-0.3, -0.25) is 9.59 Å². The van der Waals surface area contributed by atoms with Crippen molar-refractivity contribution in [3.63, 3.8) is 0 Å². The molecule has 2 N–H and O–H groups in total. The molecule has 6 heteroatoms. The van der Waals surface area contributed by atoms with Gasteiger partial charge in [-0.1, -0.05) is 36.9 Å². The number of carbonyl (C=O) groups excluding carboxylic acids is 2. The Kier molecular flexibility index (Phi) is 6.75. The van der Waals surface area contributed by atoms with Gasteiger partial charge in [-0.25, -0.2) is 0 Å². The molecule has 0 atom stereocenters. The van der Waals surface area contributed by atoms with Gasteiger partial charge >= 0.3 is 0 Å². The van der Waals surface area contributed by atoms with E-state index in [1.807, 2.05) is 54.6 Å². The number of piperidine rings is 1. The number of ether oxygens (including phenoxy) is 1. The first kappa shape index (κ1) is 22.6. The van der Waals surface area contributed by atoms with Gasteiger partial charge in [-0.2, -0.15) is 0 Å². The molecule has 0 saturated carbocycles. The van der Waals surface area contributed by atoms with E-state index >= 15 is 0 Å². The Hall–Kier alpha value is -3.64. The van der Waals surface area contributed by atoms with Crippen LogP contribution in [0.4, 0.5) is 5.69 Å². The maximum atomic E-state index is 12.9. The van der Waals surface area contributed by atoms with E-state index in [0.29, 0.717) is 17.0 Å². The molecule has 0 spiro atoms. The molecule has 1 heterocycles. The van der Waals surface area contributed by atoms with Crippen molar-refractivity contribution in [3.05, 3.63) is 72.8 Å². The van der Waals surface area contributed by atoms with Crippen molar-refractivity contribution in [2.75, 3.05) is 32.6 Å². The summed E-state index contributed by atoms with van der Waals surface area (Å²) in [4.78, 5) is 27.2. The van der Waals surface area contributed by atoms with Gasteiger partial charge in [-0.15, -0.1) is 0 Å². The summed E-state index contributed by atoms with van der Waals surface area (Å²) in [7, 11) is 3.68. The van der Waals surface area contributed by atoms with Crippen molar-refractivity contribution in [1.29, 1.82) is 0 Å². The molecule has 2 amide bonds. The van der Waals surface area contributed by atoms with Gasteiger partial charge in [0.25, 0.3) is 5.91 Å². The molecule has 4 rings (SSSR count). The average Bonchev–Trinajstić information content (AvgIpc) is 2.85. The van der Waals surface area contributed by atoms with E-state index in [1.165, 1.54) is 6.08 Å². The minimum Gasteiger partial charge on any atom is -0.495 e. The van der Waals surface area contributed by atoms with Crippen molar-refractivity contribution in [2.45, 2.75) is 18.9 Å². The summed E-state index contributed by atoms with van der Waals surface area (Å²) in [5, 5.41) is 7.86. The van der Waals surface area contributed by atoms with Crippen LogP contribution >= 0.6 is 0 Å². The molecule has 0 aliphatic carbocycles. The highest BCUT2D eigenvalue weighted by Crippen LogP contribution is 2.36. The Labute approximate surface area is 194 Å². The summed E-state index contributed by atoms with van der Waals surface area (Å²) in [6, 6.07) is 17.6. The lowest BCUT2D eigenvalue weighted by molar-refractivity contribution is -0.111. The fourth-order valence-corrected chi connectivity index (χ4v) is 4.21. The zero-order valence-corrected chi connectivity index (χ0v) is 19.1. The van der Waals surface area contributed by atoms with E-state index in [1.54, 1.807) is 7.11 Å². The Bertz CT molecular complexity index is 1200. The summed E-state index contributed by atoms with van der Waals surface area (Å²) in [5.41, 5.74) is 3.10. The quantitative estimate of drug-likeness (QED) is 0.552. The van der Waals surface area contributed by atoms with Crippen molar-refractivity contribution in [1.82, 2.24) is 10.2 Å². The first-order valence-corrected chi connectivity index (χ1v) is 11.1. The average molecular weight is 444 g/mol. The number of nitrogens with one attached hydrogen (secondary N) is 2. The smallest absolute Gasteiger partial charge is 0.251 e. The summed E-state index contributed by atoms with van der Waals surface area (Å²) in [6.07, 6.45) is 3.16. The molecule has 1 fully saturated rings. The topological polar surface area (TPSA) is 70.7 Å². The van der Waals surface area contributed by atoms with Gasteiger partial charge in [0.05, 0.1) is 12.8 Å². The van der Waals surface area contributed by atoms with Crippen LogP contribution in [0.5, 0.6) is 5.75 Å². The normalized spacial score (nSPS) is 14.6. The number of nitrogens with zero attached hydrogens (tertiary/aromatic N) is 1. The Morgan fingerprint density at radius 2 is 1.79 bits per heavy atom. The predicted octanol–water partition coefficient (Wildman–Crippen LogP) is 4.46. The number of fused-ring (bicyclic) bond motifs is 1. The van der Waals surface area contributed by atoms with E-state index in [4.69, 9.17) is 4.74 Å². The van der Waals surface area contributed by atoms with Gasteiger partial charge in [0, 0.05) is 17.0 Å². The van der Waals surface area contributed by atoms with Crippen molar-refractivity contribution in [2.24, 2.45) is 0 Å². The molecule has 6 nitrogen and oxygen atoms in total. The van der Waals surface area contributed by atoms with Crippen LogP contribution < -0.4 is 15.4 Å². The summed E-state index contributed by atoms with van der Waals surface area (Å²) in [6.45, 7) is 5.53. The van der Waals surface area contributed by atoms with E-state index in [9.17, 15) is 9.59 Å². The molecule has 0 aromatic heterocycles. The fourth-order valence-electron chi connectivity index (χ4n) is 4.21. The molecular formula is C27H29N3O3. The highest BCUT2D eigenvalue weighted by molar-refractivity contribution is 6.09. The maximum absolute atomic E-state index is 12.9. The molecule has 170 valence electrons. The Morgan fingerprint density at radius 1 is 1.06 bits per heavy atom. The Balaban J connectivity index is 1.64. The van der Waals surface area contributed by atoms with E-state index in [-0.39, 0.29) is 17.9 Å². The molecule has 0 bridgehead atoms. The van der Waals surface area contributed by atoms with Crippen molar-refractivity contribution >= 4 is 28.3 Å². The zero-order chi connectivity index (χ0) is 23.4. The van der Waals surface area contributed by atoms with Crippen LogP contribution in [0.2, 0.25) is 0 Å². The molecular weight excluding hydrogens is 414 g/mol. The van der Waals surface area contributed by atoms with Crippen LogP contribution in [-0.4, -0.2) is 50.0 Å². The highest BCUT2D eigenvalue weighted by Gasteiger charge is 2.19. The van der Waals surface area contributed by atoms with Crippen molar-refractivity contribution < 1.29 is 14.3 Å². The zero-order valence-electron chi connectivity index (χ0n) is 19.1. The molecule has 3 aromatic rings. The molecule has 3 aromatic carbocycles. The van der Waals surface area contributed by atoms with Gasteiger partial charge in [-0.05, 0) is 79.8 Å². The first-order valence-electron chi connectivity index (χ1n) is 11.1. The van der Waals surface area contributed by atoms with Crippen LogP contribution in [0.3, 0.4) is 0 Å². The van der Waals surface area contributed by atoms with Gasteiger partial charge in [0.15, 0.2) is 0 Å². The summed E-state index contributed by atoms with van der Waals surface area (Å²) < 4.78 is 5.47. The molecule has 0 radical (unpaired) electrons. The second-order valence-electron chi connectivity index (χ2n) is 8.40. The number of likely N-dealkylation sites (tertiary alicyclic amines) is 1. The lowest BCUT2D eigenvalue weighted by atomic mass is 9.98. The summed E-state index contributed by atoms with van der Waals surface area (Å²) in [5.74, 6) is 0.215. The van der Waals surface area contributed by atoms with E-state index in [2.05, 4.69) is 29.2 Å². The number of rotatable bonds is 6. The third-order valence-corrected chi connectivity index (χ3v) is 6.15. The first-order chi connectivity index (χ1) is 16.0. The third-order valence-electron chi connectivity index (χ3n) is 6.15. The van der Waals surface area contributed by atoms with E-state index in [0.717, 1.165) is 47.8 Å². The lowest BCUT2D eigenvalue weighted by Crippen LogP contribution is -2.43.